The van der Waals surface area contributed by atoms with E-state index in [4.69, 9.17) is 9.47 Å². The Morgan fingerprint density at radius 3 is 2.50 bits per heavy atom. The molecule has 0 unspecified atom stereocenters. The Morgan fingerprint density at radius 2 is 1.88 bits per heavy atom. The van der Waals surface area contributed by atoms with Gasteiger partial charge in [-0.1, -0.05) is 0 Å². The molecule has 0 atom stereocenters. The predicted octanol–water partition coefficient (Wildman–Crippen LogP) is 3.48. The average molecular weight is 254 g/mol. The summed E-state index contributed by atoms with van der Waals surface area (Å²) in [6, 6.07) is 6.06. The number of thioether (sulfide) groups is 2. The van der Waals surface area contributed by atoms with Gasteiger partial charge in [0.1, 0.15) is 0 Å². The Morgan fingerprint density at radius 1 is 1.06 bits per heavy atom. The molecule has 1 aromatic carbocycles. The highest BCUT2D eigenvalue weighted by Crippen LogP contribution is 2.38. The van der Waals surface area contributed by atoms with E-state index in [0.29, 0.717) is 0 Å². The molecular weight excluding hydrogens is 240 g/mol. The number of hydrogen-bond acceptors (Lipinski definition) is 4. The summed E-state index contributed by atoms with van der Waals surface area (Å²) < 4.78 is 10.5. The van der Waals surface area contributed by atoms with Crippen LogP contribution in [0.1, 0.15) is 5.56 Å². The van der Waals surface area contributed by atoms with Crippen LogP contribution in [0.5, 0.6) is 11.5 Å². The monoisotopic (exact) mass is 254 g/mol. The third kappa shape index (κ3) is 2.50. The van der Waals surface area contributed by atoms with Crippen molar-refractivity contribution in [1.82, 2.24) is 0 Å². The lowest BCUT2D eigenvalue weighted by Gasteiger charge is -2.14. The van der Waals surface area contributed by atoms with Gasteiger partial charge in [0, 0.05) is 16.4 Å². The van der Waals surface area contributed by atoms with Crippen molar-refractivity contribution in [2.75, 3.05) is 25.7 Å². The third-order valence-corrected chi connectivity index (χ3v) is 4.64. The van der Waals surface area contributed by atoms with Gasteiger partial charge < -0.3 is 9.47 Å². The van der Waals surface area contributed by atoms with Crippen LogP contribution in [0.15, 0.2) is 23.6 Å². The van der Waals surface area contributed by atoms with Crippen molar-refractivity contribution in [3.8, 4) is 11.5 Å². The van der Waals surface area contributed by atoms with Crippen molar-refractivity contribution in [2.24, 2.45) is 0 Å². The molecular formula is C12H14O2S2. The van der Waals surface area contributed by atoms with Crippen molar-refractivity contribution < 1.29 is 9.47 Å². The van der Waals surface area contributed by atoms with Gasteiger partial charge in [-0.15, -0.1) is 23.5 Å². The molecule has 0 aliphatic carbocycles. The zero-order chi connectivity index (χ0) is 11.4. The van der Waals surface area contributed by atoms with Gasteiger partial charge in [0.05, 0.1) is 14.2 Å². The standard InChI is InChI=1S/C12H14O2S2/c1-13-10-4-3-9(7-11(10)14-2)12-8-15-5-6-16-12/h3-4,7-8H,5-6H2,1-2H3. The van der Waals surface area contributed by atoms with Crippen molar-refractivity contribution >= 4 is 28.4 Å². The second-order valence-corrected chi connectivity index (χ2v) is 5.39. The molecule has 0 saturated heterocycles. The molecule has 0 aromatic heterocycles. The van der Waals surface area contributed by atoms with E-state index in [1.54, 1.807) is 14.2 Å². The summed E-state index contributed by atoms with van der Waals surface area (Å²) in [4.78, 5) is 1.32. The first-order valence-electron chi connectivity index (χ1n) is 5.02. The fourth-order valence-electron chi connectivity index (χ4n) is 1.51. The Bertz CT molecular complexity index is 402. The van der Waals surface area contributed by atoms with Crippen LogP contribution in [0.25, 0.3) is 4.91 Å². The van der Waals surface area contributed by atoms with Crippen molar-refractivity contribution in [2.45, 2.75) is 0 Å². The van der Waals surface area contributed by atoms with Crippen LogP contribution in [0, 0.1) is 0 Å². The van der Waals surface area contributed by atoms with Gasteiger partial charge in [-0.25, -0.2) is 0 Å². The average Bonchev–Trinajstić information content (AvgIpc) is 2.39. The molecule has 0 N–H and O–H groups in total. The van der Waals surface area contributed by atoms with Crippen LogP contribution in [0.2, 0.25) is 0 Å². The molecule has 1 aliphatic rings. The summed E-state index contributed by atoms with van der Waals surface area (Å²) in [6.45, 7) is 0. The number of methoxy groups -OCH3 is 2. The van der Waals surface area contributed by atoms with E-state index in [9.17, 15) is 0 Å². The Balaban J connectivity index is 2.31. The number of ether oxygens (including phenoxy) is 2. The molecule has 0 fully saturated rings. The molecule has 0 saturated carbocycles. The summed E-state index contributed by atoms with van der Waals surface area (Å²) in [5, 5.41) is 2.22. The molecule has 1 aromatic rings. The van der Waals surface area contributed by atoms with E-state index in [1.165, 1.54) is 22.0 Å². The van der Waals surface area contributed by atoms with Gasteiger partial charge in [0.2, 0.25) is 0 Å². The summed E-state index contributed by atoms with van der Waals surface area (Å²) in [5.41, 5.74) is 1.20. The maximum atomic E-state index is 5.30. The van der Waals surface area contributed by atoms with E-state index in [0.717, 1.165) is 11.5 Å². The highest BCUT2D eigenvalue weighted by atomic mass is 32.2. The van der Waals surface area contributed by atoms with Crippen LogP contribution < -0.4 is 9.47 Å². The van der Waals surface area contributed by atoms with E-state index < -0.39 is 0 Å². The van der Waals surface area contributed by atoms with Crippen LogP contribution in [-0.4, -0.2) is 25.7 Å². The smallest absolute Gasteiger partial charge is 0.161 e. The molecule has 0 bridgehead atoms. The molecule has 2 rings (SSSR count). The van der Waals surface area contributed by atoms with Crippen molar-refractivity contribution in [3.05, 3.63) is 29.2 Å². The van der Waals surface area contributed by atoms with Gasteiger partial charge in [0.15, 0.2) is 11.5 Å². The first kappa shape index (κ1) is 11.7. The molecule has 4 heteroatoms. The van der Waals surface area contributed by atoms with Gasteiger partial charge in [-0.05, 0) is 29.2 Å². The maximum Gasteiger partial charge on any atom is 0.161 e. The Kier molecular flexibility index (Phi) is 4.07. The second-order valence-electron chi connectivity index (χ2n) is 3.27. The lowest BCUT2D eigenvalue weighted by molar-refractivity contribution is 0.355. The molecule has 86 valence electrons. The quantitative estimate of drug-likeness (QED) is 0.821. The molecule has 1 heterocycles. The van der Waals surface area contributed by atoms with Gasteiger partial charge in [-0.2, -0.15) is 0 Å². The van der Waals surface area contributed by atoms with Gasteiger partial charge >= 0.3 is 0 Å². The lowest BCUT2D eigenvalue weighted by atomic mass is 10.2. The maximum absolute atomic E-state index is 5.30. The molecule has 1 aliphatic heterocycles. The van der Waals surface area contributed by atoms with Gasteiger partial charge in [-0.3, -0.25) is 0 Å². The fraction of sp³-hybridized carbons (Fsp3) is 0.333. The third-order valence-electron chi connectivity index (χ3n) is 2.32. The molecule has 0 amide bonds. The minimum atomic E-state index is 0.778. The van der Waals surface area contributed by atoms with Crippen LogP contribution >= 0.6 is 23.5 Å². The molecule has 2 nitrogen and oxygen atoms in total. The summed E-state index contributed by atoms with van der Waals surface area (Å²) in [7, 11) is 3.32. The van der Waals surface area contributed by atoms with E-state index >= 15 is 0 Å². The van der Waals surface area contributed by atoms with Crippen LogP contribution in [0.4, 0.5) is 0 Å². The zero-order valence-corrected chi connectivity index (χ0v) is 11.0. The fourth-order valence-corrected chi connectivity index (χ4v) is 3.62. The minimum absolute atomic E-state index is 0.778. The first-order valence-corrected chi connectivity index (χ1v) is 7.05. The number of benzene rings is 1. The number of hydrogen-bond donors (Lipinski definition) is 0. The van der Waals surface area contributed by atoms with E-state index in [-0.39, 0.29) is 0 Å². The summed E-state index contributed by atoms with van der Waals surface area (Å²) >= 11 is 3.76. The summed E-state index contributed by atoms with van der Waals surface area (Å²) in [6.07, 6.45) is 0. The minimum Gasteiger partial charge on any atom is -0.493 e. The Hall–Kier alpha value is -0.740. The largest absolute Gasteiger partial charge is 0.493 e. The molecule has 16 heavy (non-hydrogen) atoms. The normalized spacial score (nSPS) is 15.5. The van der Waals surface area contributed by atoms with E-state index in [1.807, 2.05) is 35.7 Å². The molecule has 0 spiro atoms. The van der Waals surface area contributed by atoms with Crippen molar-refractivity contribution in [1.29, 1.82) is 0 Å². The molecule has 0 radical (unpaired) electrons. The lowest BCUT2D eigenvalue weighted by Crippen LogP contribution is -1.94. The zero-order valence-electron chi connectivity index (χ0n) is 9.36. The second kappa shape index (κ2) is 5.55. The Labute approximate surface area is 104 Å². The highest BCUT2D eigenvalue weighted by Gasteiger charge is 2.10. The summed E-state index contributed by atoms with van der Waals surface area (Å²) in [5.74, 6) is 3.93. The predicted molar refractivity (Wildman–Crippen MR) is 72.4 cm³/mol. The van der Waals surface area contributed by atoms with E-state index in [2.05, 4.69) is 11.5 Å². The van der Waals surface area contributed by atoms with Crippen LogP contribution in [0.3, 0.4) is 0 Å². The van der Waals surface area contributed by atoms with Crippen molar-refractivity contribution in [3.63, 3.8) is 0 Å². The topological polar surface area (TPSA) is 18.5 Å². The van der Waals surface area contributed by atoms with Crippen LogP contribution in [-0.2, 0) is 0 Å². The first-order chi connectivity index (χ1) is 7.85. The van der Waals surface area contributed by atoms with Gasteiger partial charge in [0.25, 0.3) is 0 Å². The highest BCUT2D eigenvalue weighted by molar-refractivity contribution is 8.13. The number of rotatable bonds is 3. The SMILES string of the molecule is COc1ccc(C2=CSCCS2)cc1OC.